The first-order chi connectivity index (χ1) is 14.5. The SMILES string of the molecule is CCc1oc2ccccc2c1CN(C)C(=O)Cn1c(-c2ccc(C)cc2)n[nH]c1=S. The van der Waals surface area contributed by atoms with Gasteiger partial charge in [0.1, 0.15) is 17.9 Å². The number of likely N-dealkylation sites (N-methyl/N-ethyl adjacent to an activating group) is 1. The van der Waals surface area contributed by atoms with Crippen molar-refractivity contribution < 1.29 is 9.21 Å². The molecule has 1 amide bonds. The summed E-state index contributed by atoms with van der Waals surface area (Å²) in [5, 5.41) is 8.20. The van der Waals surface area contributed by atoms with Gasteiger partial charge < -0.3 is 9.32 Å². The maximum Gasteiger partial charge on any atom is 0.242 e. The van der Waals surface area contributed by atoms with Crippen LogP contribution >= 0.6 is 12.2 Å². The second-order valence-corrected chi connectivity index (χ2v) is 7.79. The number of hydrogen-bond donors (Lipinski definition) is 1. The molecule has 0 fully saturated rings. The summed E-state index contributed by atoms with van der Waals surface area (Å²) in [6.45, 7) is 4.68. The van der Waals surface area contributed by atoms with E-state index in [2.05, 4.69) is 17.1 Å². The number of rotatable bonds is 6. The van der Waals surface area contributed by atoms with Crippen LogP contribution in [0.4, 0.5) is 0 Å². The lowest BCUT2D eigenvalue weighted by atomic mass is 10.1. The van der Waals surface area contributed by atoms with Gasteiger partial charge in [-0.2, -0.15) is 5.10 Å². The average Bonchev–Trinajstić information content (AvgIpc) is 3.29. The number of furan rings is 1. The molecule has 4 aromatic rings. The topological polar surface area (TPSA) is 67.1 Å². The zero-order valence-corrected chi connectivity index (χ0v) is 18.1. The van der Waals surface area contributed by atoms with Crippen LogP contribution in [0.2, 0.25) is 0 Å². The van der Waals surface area contributed by atoms with Crippen molar-refractivity contribution in [3.8, 4) is 11.4 Å². The van der Waals surface area contributed by atoms with Crippen molar-refractivity contribution in [1.82, 2.24) is 19.7 Å². The van der Waals surface area contributed by atoms with Gasteiger partial charge in [-0.1, -0.05) is 55.0 Å². The van der Waals surface area contributed by atoms with Gasteiger partial charge >= 0.3 is 0 Å². The van der Waals surface area contributed by atoms with E-state index in [0.717, 1.165) is 39.8 Å². The maximum atomic E-state index is 13.0. The van der Waals surface area contributed by atoms with Crippen LogP contribution in [0, 0.1) is 11.7 Å². The zero-order chi connectivity index (χ0) is 21.3. The first kappa shape index (κ1) is 20.1. The molecule has 0 saturated heterocycles. The fraction of sp³-hybridized carbons (Fsp3) is 0.261. The highest BCUT2D eigenvalue weighted by atomic mass is 32.1. The molecule has 0 atom stereocenters. The summed E-state index contributed by atoms with van der Waals surface area (Å²) >= 11 is 5.38. The molecule has 30 heavy (non-hydrogen) atoms. The van der Waals surface area contributed by atoms with Crippen LogP contribution in [0.1, 0.15) is 23.8 Å². The highest BCUT2D eigenvalue weighted by Crippen LogP contribution is 2.27. The molecule has 7 heteroatoms. The third-order valence-electron chi connectivity index (χ3n) is 5.29. The molecular weight excluding hydrogens is 396 g/mol. The number of carbonyl (C=O) groups is 1. The fourth-order valence-electron chi connectivity index (χ4n) is 3.58. The number of hydrogen-bond acceptors (Lipinski definition) is 4. The lowest BCUT2D eigenvalue weighted by molar-refractivity contribution is -0.131. The second kappa shape index (κ2) is 8.28. The number of aromatic nitrogens is 3. The Bertz CT molecular complexity index is 1250. The summed E-state index contributed by atoms with van der Waals surface area (Å²) in [6, 6.07) is 15.9. The molecule has 154 valence electrons. The number of fused-ring (bicyclic) bond motifs is 1. The van der Waals surface area contributed by atoms with Gasteiger partial charge in [0.15, 0.2) is 10.6 Å². The van der Waals surface area contributed by atoms with Crippen LogP contribution in [-0.4, -0.2) is 32.6 Å². The Morgan fingerprint density at radius 1 is 1.20 bits per heavy atom. The number of benzene rings is 2. The van der Waals surface area contributed by atoms with E-state index in [4.69, 9.17) is 16.6 Å². The standard InChI is InChI=1S/C23H24N4O2S/c1-4-19-18(17-7-5-6-8-20(17)29-19)13-26(3)21(28)14-27-22(24-25-23(27)30)16-11-9-15(2)10-12-16/h5-12H,4,13-14H2,1-3H3,(H,25,30). The van der Waals surface area contributed by atoms with Gasteiger partial charge in [0.05, 0.1) is 0 Å². The third-order valence-corrected chi connectivity index (χ3v) is 5.60. The Labute approximate surface area is 180 Å². The molecule has 1 N–H and O–H groups in total. The number of carbonyl (C=O) groups excluding carboxylic acids is 1. The summed E-state index contributed by atoms with van der Waals surface area (Å²) < 4.78 is 8.14. The largest absolute Gasteiger partial charge is 0.461 e. The molecule has 0 spiro atoms. The number of nitrogens with zero attached hydrogens (tertiary/aromatic N) is 3. The van der Waals surface area contributed by atoms with Crippen LogP contribution in [0.15, 0.2) is 52.9 Å². The number of H-pyrrole nitrogens is 1. The Morgan fingerprint density at radius 3 is 2.67 bits per heavy atom. The quantitative estimate of drug-likeness (QED) is 0.451. The minimum absolute atomic E-state index is 0.0480. The maximum absolute atomic E-state index is 13.0. The van der Waals surface area contributed by atoms with Crippen molar-refractivity contribution in [2.75, 3.05) is 7.05 Å². The van der Waals surface area contributed by atoms with Crippen LogP contribution < -0.4 is 0 Å². The number of para-hydroxylation sites is 1. The molecule has 0 aliphatic heterocycles. The lowest BCUT2D eigenvalue weighted by Gasteiger charge is -2.18. The summed E-state index contributed by atoms with van der Waals surface area (Å²) in [4.78, 5) is 14.8. The zero-order valence-electron chi connectivity index (χ0n) is 17.3. The van der Waals surface area contributed by atoms with Gasteiger partial charge in [0, 0.05) is 36.5 Å². The van der Waals surface area contributed by atoms with Gasteiger partial charge in [-0.25, -0.2) is 0 Å². The summed E-state index contributed by atoms with van der Waals surface area (Å²) in [5.41, 5.74) is 3.98. The Morgan fingerprint density at radius 2 is 1.93 bits per heavy atom. The minimum Gasteiger partial charge on any atom is -0.461 e. The number of amides is 1. The molecule has 2 heterocycles. The average molecular weight is 421 g/mol. The van der Waals surface area contributed by atoms with E-state index in [-0.39, 0.29) is 12.5 Å². The Hall–Kier alpha value is -3.19. The third kappa shape index (κ3) is 3.80. The summed E-state index contributed by atoms with van der Waals surface area (Å²) in [6.07, 6.45) is 0.774. The molecule has 0 aliphatic carbocycles. The van der Waals surface area contributed by atoms with Gasteiger partial charge in [-0.15, -0.1) is 0 Å². The fourth-order valence-corrected chi connectivity index (χ4v) is 3.77. The van der Waals surface area contributed by atoms with E-state index in [9.17, 15) is 4.79 Å². The number of nitrogens with one attached hydrogen (secondary N) is 1. The smallest absolute Gasteiger partial charge is 0.242 e. The highest BCUT2D eigenvalue weighted by molar-refractivity contribution is 7.71. The van der Waals surface area contributed by atoms with Gasteiger partial charge in [-0.3, -0.25) is 14.5 Å². The van der Waals surface area contributed by atoms with E-state index in [1.807, 2.05) is 55.5 Å². The van der Waals surface area contributed by atoms with Crippen molar-refractivity contribution in [2.24, 2.45) is 0 Å². The molecule has 0 bridgehead atoms. The van der Waals surface area contributed by atoms with Crippen molar-refractivity contribution in [2.45, 2.75) is 33.4 Å². The molecule has 0 unspecified atom stereocenters. The minimum atomic E-state index is -0.0480. The van der Waals surface area contributed by atoms with E-state index >= 15 is 0 Å². The molecule has 2 aromatic carbocycles. The second-order valence-electron chi connectivity index (χ2n) is 7.41. The molecular formula is C23H24N4O2S. The van der Waals surface area contributed by atoms with Crippen LogP contribution in [0.3, 0.4) is 0 Å². The first-order valence-corrected chi connectivity index (χ1v) is 10.3. The normalized spacial score (nSPS) is 11.2. The van der Waals surface area contributed by atoms with Crippen molar-refractivity contribution in [3.05, 3.63) is 70.2 Å². The van der Waals surface area contributed by atoms with Gasteiger partial charge in [0.25, 0.3) is 0 Å². The molecule has 6 nitrogen and oxygen atoms in total. The first-order valence-electron chi connectivity index (χ1n) is 9.93. The van der Waals surface area contributed by atoms with E-state index < -0.39 is 0 Å². The van der Waals surface area contributed by atoms with E-state index in [0.29, 0.717) is 17.1 Å². The molecule has 0 radical (unpaired) electrons. The molecule has 4 rings (SSSR count). The van der Waals surface area contributed by atoms with Crippen LogP contribution in [0.5, 0.6) is 0 Å². The van der Waals surface area contributed by atoms with E-state index in [1.54, 1.807) is 16.5 Å². The van der Waals surface area contributed by atoms with Crippen LogP contribution in [-0.2, 0) is 24.3 Å². The van der Waals surface area contributed by atoms with Crippen molar-refractivity contribution >= 4 is 29.1 Å². The van der Waals surface area contributed by atoms with E-state index in [1.165, 1.54) is 0 Å². The Balaban J connectivity index is 1.58. The molecule has 0 saturated carbocycles. The van der Waals surface area contributed by atoms with Crippen molar-refractivity contribution in [1.29, 1.82) is 0 Å². The van der Waals surface area contributed by atoms with Crippen molar-refractivity contribution in [3.63, 3.8) is 0 Å². The predicted octanol–water partition coefficient (Wildman–Crippen LogP) is 4.88. The number of aryl methyl sites for hydroxylation is 2. The predicted molar refractivity (Wildman–Crippen MR) is 120 cm³/mol. The monoisotopic (exact) mass is 420 g/mol. The Kier molecular flexibility index (Phi) is 5.55. The lowest BCUT2D eigenvalue weighted by Crippen LogP contribution is -2.30. The van der Waals surface area contributed by atoms with Crippen LogP contribution in [0.25, 0.3) is 22.4 Å². The summed E-state index contributed by atoms with van der Waals surface area (Å²) in [7, 11) is 1.80. The van der Waals surface area contributed by atoms with Gasteiger partial charge in [-0.05, 0) is 25.2 Å². The number of aromatic amines is 1. The van der Waals surface area contributed by atoms with Gasteiger partial charge in [0.2, 0.25) is 5.91 Å². The molecule has 2 aromatic heterocycles. The summed E-state index contributed by atoms with van der Waals surface area (Å²) in [5.74, 6) is 1.52. The molecule has 0 aliphatic rings. The highest BCUT2D eigenvalue weighted by Gasteiger charge is 2.19.